The van der Waals surface area contributed by atoms with Crippen LogP contribution in [0, 0.1) is 6.92 Å². The van der Waals surface area contributed by atoms with E-state index in [1.807, 2.05) is 18.2 Å². The molecule has 0 N–H and O–H groups in total. The van der Waals surface area contributed by atoms with Crippen molar-refractivity contribution in [3.05, 3.63) is 58.6 Å². The molecule has 0 spiro atoms. The fourth-order valence-electron chi connectivity index (χ4n) is 1.85. The molecule has 88 valence electrons. The fourth-order valence-corrected chi connectivity index (χ4v) is 2.05. The molecule has 2 aromatic carbocycles. The SMILES string of the molecule is COCc1cc(Cl)ccc1-c1ccc(C)cc1. The number of methoxy groups -OCH3 is 1. The first-order valence-electron chi connectivity index (χ1n) is 5.55. The standard InChI is InChI=1S/C15H15ClO/c1-11-3-5-12(6-4-11)15-8-7-14(16)9-13(15)10-17-2/h3-9H,10H2,1-2H3. The summed E-state index contributed by atoms with van der Waals surface area (Å²) in [6.07, 6.45) is 0. The van der Waals surface area contributed by atoms with Crippen molar-refractivity contribution in [3.8, 4) is 11.1 Å². The van der Waals surface area contributed by atoms with Gasteiger partial charge in [0.15, 0.2) is 0 Å². The molecule has 0 saturated carbocycles. The van der Waals surface area contributed by atoms with E-state index in [-0.39, 0.29) is 0 Å². The van der Waals surface area contributed by atoms with Crippen LogP contribution < -0.4 is 0 Å². The van der Waals surface area contributed by atoms with Crippen molar-refractivity contribution >= 4 is 11.6 Å². The molecule has 0 bridgehead atoms. The molecule has 0 aromatic heterocycles. The van der Waals surface area contributed by atoms with Crippen LogP contribution in [0.4, 0.5) is 0 Å². The van der Waals surface area contributed by atoms with Crippen molar-refractivity contribution in [3.63, 3.8) is 0 Å². The molecule has 0 unspecified atom stereocenters. The molecular weight excluding hydrogens is 232 g/mol. The largest absolute Gasteiger partial charge is 0.380 e. The Morgan fingerprint density at radius 1 is 1.06 bits per heavy atom. The van der Waals surface area contributed by atoms with Crippen LogP contribution >= 0.6 is 11.6 Å². The molecule has 0 atom stereocenters. The molecule has 2 heteroatoms. The number of benzene rings is 2. The molecule has 0 fully saturated rings. The van der Waals surface area contributed by atoms with Crippen molar-refractivity contribution < 1.29 is 4.74 Å². The van der Waals surface area contributed by atoms with Gasteiger partial charge >= 0.3 is 0 Å². The highest BCUT2D eigenvalue weighted by atomic mass is 35.5. The van der Waals surface area contributed by atoms with Crippen LogP contribution in [-0.2, 0) is 11.3 Å². The van der Waals surface area contributed by atoms with Crippen LogP contribution in [0.2, 0.25) is 5.02 Å². The van der Waals surface area contributed by atoms with Gasteiger partial charge in [-0.15, -0.1) is 0 Å². The summed E-state index contributed by atoms with van der Waals surface area (Å²) in [4.78, 5) is 0. The highest BCUT2D eigenvalue weighted by Crippen LogP contribution is 2.27. The molecule has 0 aliphatic rings. The number of hydrogen-bond donors (Lipinski definition) is 0. The van der Waals surface area contributed by atoms with Gasteiger partial charge in [-0.25, -0.2) is 0 Å². The zero-order chi connectivity index (χ0) is 12.3. The lowest BCUT2D eigenvalue weighted by Gasteiger charge is -2.10. The number of halogens is 1. The topological polar surface area (TPSA) is 9.23 Å². The van der Waals surface area contributed by atoms with Crippen molar-refractivity contribution in [1.82, 2.24) is 0 Å². The van der Waals surface area contributed by atoms with Gasteiger partial charge in [0.1, 0.15) is 0 Å². The number of ether oxygens (including phenoxy) is 1. The van der Waals surface area contributed by atoms with Gasteiger partial charge in [0.25, 0.3) is 0 Å². The summed E-state index contributed by atoms with van der Waals surface area (Å²) in [5.74, 6) is 0. The van der Waals surface area contributed by atoms with E-state index in [9.17, 15) is 0 Å². The highest BCUT2D eigenvalue weighted by molar-refractivity contribution is 6.30. The lowest BCUT2D eigenvalue weighted by atomic mass is 9.99. The first kappa shape index (κ1) is 12.2. The van der Waals surface area contributed by atoms with E-state index < -0.39 is 0 Å². The summed E-state index contributed by atoms with van der Waals surface area (Å²) < 4.78 is 5.21. The third-order valence-corrected chi connectivity index (χ3v) is 2.96. The van der Waals surface area contributed by atoms with Crippen LogP contribution in [0.1, 0.15) is 11.1 Å². The summed E-state index contributed by atoms with van der Waals surface area (Å²) in [7, 11) is 1.69. The molecule has 0 radical (unpaired) electrons. The first-order valence-corrected chi connectivity index (χ1v) is 5.93. The summed E-state index contributed by atoms with van der Waals surface area (Å²) in [6, 6.07) is 14.4. The molecule has 0 amide bonds. The minimum Gasteiger partial charge on any atom is -0.380 e. The lowest BCUT2D eigenvalue weighted by Crippen LogP contribution is -1.92. The van der Waals surface area contributed by atoms with Gasteiger partial charge in [0.05, 0.1) is 6.61 Å². The number of hydrogen-bond acceptors (Lipinski definition) is 1. The van der Waals surface area contributed by atoms with Gasteiger partial charge in [-0.1, -0.05) is 47.5 Å². The third kappa shape index (κ3) is 2.87. The van der Waals surface area contributed by atoms with Crippen LogP contribution in [0.5, 0.6) is 0 Å². The summed E-state index contributed by atoms with van der Waals surface area (Å²) >= 11 is 6.01. The quantitative estimate of drug-likeness (QED) is 0.777. The Morgan fingerprint density at radius 2 is 1.76 bits per heavy atom. The third-order valence-electron chi connectivity index (χ3n) is 2.73. The predicted molar refractivity (Wildman–Crippen MR) is 72.3 cm³/mol. The number of rotatable bonds is 3. The average Bonchev–Trinajstić information content (AvgIpc) is 2.31. The Balaban J connectivity index is 2.46. The van der Waals surface area contributed by atoms with Gasteiger partial charge in [-0.3, -0.25) is 0 Å². The summed E-state index contributed by atoms with van der Waals surface area (Å²) in [5.41, 5.74) is 4.75. The fraction of sp³-hybridized carbons (Fsp3) is 0.200. The maximum Gasteiger partial charge on any atom is 0.0719 e. The van der Waals surface area contributed by atoms with Gasteiger partial charge in [-0.05, 0) is 35.7 Å². The van der Waals surface area contributed by atoms with Crippen LogP contribution in [-0.4, -0.2) is 7.11 Å². The Hall–Kier alpha value is -1.31. The van der Waals surface area contributed by atoms with E-state index in [0.717, 1.165) is 10.6 Å². The zero-order valence-corrected chi connectivity index (χ0v) is 10.8. The van der Waals surface area contributed by atoms with E-state index >= 15 is 0 Å². The Morgan fingerprint density at radius 3 is 2.41 bits per heavy atom. The van der Waals surface area contributed by atoms with Gasteiger partial charge < -0.3 is 4.74 Å². The molecule has 0 aliphatic carbocycles. The predicted octanol–water partition coefficient (Wildman–Crippen LogP) is 4.46. The van der Waals surface area contributed by atoms with Crippen molar-refractivity contribution in [1.29, 1.82) is 0 Å². The van der Waals surface area contributed by atoms with E-state index in [4.69, 9.17) is 16.3 Å². The second-order valence-electron chi connectivity index (χ2n) is 4.10. The van der Waals surface area contributed by atoms with E-state index in [0.29, 0.717) is 6.61 Å². The van der Waals surface area contributed by atoms with Gasteiger partial charge in [-0.2, -0.15) is 0 Å². The van der Waals surface area contributed by atoms with Crippen molar-refractivity contribution in [2.45, 2.75) is 13.5 Å². The lowest BCUT2D eigenvalue weighted by molar-refractivity contribution is 0.185. The van der Waals surface area contributed by atoms with E-state index in [1.165, 1.54) is 16.7 Å². The molecule has 17 heavy (non-hydrogen) atoms. The molecule has 0 aliphatic heterocycles. The number of aryl methyl sites for hydroxylation is 1. The zero-order valence-electron chi connectivity index (χ0n) is 10.0. The molecule has 0 saturated heterocycles. The van der Waals surface area contributed by atoms with E-state index in [1.54, 1.807) is 7.11 Å². The minimum absolute atomic E-state index is 0.573. The first-order chi connectivity index (χ1) is 8.20. The van der Waals surface area contributed by atoms with Crippen LogP contribution in [0.15, 0.2) is 42.5 Å². The van der Waals surface area contributed by atoms with E-state index in [2.05, 4.69) is 31.2 Å². The Bertz CT molecular complexity index is 503. The Kier molecular flexibility index (Phi) is 3.82. The molecule has 0 heterocycles. The van der Waals surface area contributed by atoms with Crippen molar-refractivity contribution in [2.24, 2.45) is 0 Å². The normalized spacial score (nSPS) is 10.5. The second kappa shape index (κ2) is 5.35. The van der Waals surface area contributed by atoms with Gasteiger partial charge in [0, 0.05) is 12.1 Å². The van der Waals surface area contributed by atoms with Crippen LogP contribution in [0.3, 0.4) is 0 Å². The molecule has 2 aromatic rings. The Labute approximate surface area is 107 Å². The smallest absolute Gasteiger partial charge is 0.0719 e. The maximum atomic E-state index is 6.01. The van der Waals surface area contributed by atoms with Crippen molar-refractivity contribution in [2.75, 3.05) is 7.11 Å². The second-order valence-corrected chi connectivity index (χ2v) is 4.54. The molecule has 1 nitrogen and oxygen atoms in total. The molecule has 2 rings (SSSR count). The average molecular weight is 247 g/mol. The van der Waals surface area contributed by atoms with Gasteiger partial charge in [0.2, 0.25) is 0 Å². The summed E-state index contributed by atoms with van der Waals surface area (Å²) in [6.45, 7) is 2.66. The minimum atomic E-state index is 0.573. The molecular formula is C15H15ClO. The monoisotopic (exact) mass is 246 g/mol. The summed E-state index contributed by atoms with van der Waals surface area (Å²) in [5, 5.41) is 0.743. The van der Waals surface area contributed by atoms with Crippen LogP contribution in [0.25, 0.3) is 11.1 Å². The maximum absolute atomic E-state index is 6.01. The highest BCUT2D eigenvalue weighted by Gasteiger charge is 2.05.